The van der Waals surface area contributed by atoms with Gasteiger partial charge >= 0.3 is 5.97 Å². The summed E-state index contributed by atoms with van der Waals surface area (Å²) in [6.07, 6.45) is 1.04. The summed E-state index contributed by atoms with van der Waals surface area (Å²) in [5, 5.41) is 11.0. The average Bonchev–Trinajstić information content (AvgIpc) is 2.70. The van der Waals surface area contributed by atoms with Crippen molar-refractivity contribution in [1.82, 2.24) is 0 Å². The highest BCUT2D eigenvalue weighted by atomic mass is 16.6. The summed E-state index contributed by atoms with van der Waals surface area (Å²) in [5.41, 5.74) is 0.546. The molecule has 1 heterocycles. The minimum Gasteiger partial charge on any atom is -0.465 e. The number of anilines is 1. The van der Waals surface area contributed by atoms with E-state index in [0.717, 1.165) is 18.7 Å². The van der Waals surface area contributed by atoms with Gasteiger partial charge in [-0.2, -0.15) is 0 Å². The van der Waals surface area contributed by atoms with Gasteiger partial charge in [-0.3, -0.25) is 10.1 Å². The van der Waals surface area contributed by atoms with Crippen LogP contribution >= 0.6 is 0 Å². The van der Waals surface area contributed by atoms with Gasteiger partial charge in [0.1, 0.15) is 5.56 Å². The molecular formula is C15H20N2O4. The third-order valence-corrected chi connectivity index (χ3v) is 3.97. The number of methoxy groups -OCH3 is 1. The van der Waals surface area contributed by atoms with Crippen molar-refractivity contribution in [2.24, 2.45) is 5.92 Å². The third kappa shape index (κ3) is 2.84. The number of benzene rings is 1. The van der Waals surface area contributed by atoms with Gasteiger partial charge in [-0.25, -0.2) is 4.79 Å². The highest BCUT2D eigenvalue weighted by Crippen LogP contribution is 2.38. The number of nitrogens with zero attached hydrogens (tertiary/aromatic N) is 2. The van der Waals surface area contributed by atoms with E-state index in [2.05, 4.69) is 30.4 Å². The predicted molar refractivity (Wildman–Crippen MR) is 79.6 cm³/mol. The molecule has 0 aliphatic carbocycles. The molecule has 0 N–H and O–H groups in total. The minimum absolute atomic E-state index is 0.00430. The summed E-state index contributed by atoms with van der Waals surface area (Å²) >= 11 is 0. The van der Waals surface area contributed by atoms with Crippen molar-refractivity contribution in [3.8, 4) is 0 Å². The maximum absolute atomic E-state index is 11.8. The van der Waals surface area contributed by atoms with Gasteiger partial charge < -0.3 is 9.64 Å². The summed E-state index contributed by atoms with van der Waals surface area (Å²) in [4.78, 5) is 24.5. The highest BCUT2D eigenvalue weighted by molar-refractivity contribution is 5.95. The lowest BCUT2D eigenvalue weighted by Crippen LogP contribution is -2.38. The lowest BCUT2D eigenvalue weighted by Gasteiger charge is -2.33. The van der Waals surface area contributed by atoms with Crippen molar-refractivity contribution in [1.29, 1.82) is 0 Å². The molecule has 6 nitrogen and oxygen atoms in total. The number of carbonyl (C=O) groups excluding carboxylic acids is 1. The Morgan fingerprint density at radius 3 is 2.62 bits per heavy atom. The molecule has 1 atom stereocenters. The Morgan fingerprint density at radius 2 is 2.14 bits per heavy atom. The van der Waals surface area contributed by atoms with Crippen LogP contribution in [0.2, 0.25) is 0 Å². The molecule has 1 aromatic carbocycles. The first-order chi connectivity index (χ1) is 9.76. The summed E-state index contributed by atoms with van der Waals surface area (Å²) in [7, 11) is 1.22. The van der Waals surface area contributed by atoms with Gasteiger partial charge in [-0.1, -0.05) is 6.92 Å². The molecule has 0 aromatic heterocycles. The Balaban J connectivity index is 2.47. The van der Waals surface area contributed by atoms with Crippen LogP contribution in [0, 0.1) is 16.0 Å². The SMILES string of the molecule is COC(=O)c1cc(N2C[C@@H](C)CC2(C)C)ccc1[N+](=O)[O-]. The van der Waals surface area contributed by atoms with Crippen molar-refractivity contribution in [3.05, 3.63) is 33.9 Å². The number of rotatable bonds is 3. The van der Waals surface area contributed by atoms with Gasteiger partial charge in [0.15, 0.2) is 0 Å². The molecule has 1 fully saturated rings. The van der Waals surface area contributed by atoms with E-state index in [1.54, 1.807) is 12.1 Å². The molecule has 21 heavy (non-hydrogen) atoms. The Bertz CT molecular complexity index is 583. The van der Waals surface area contributed by atoms with Crippen LogP contribution in [0.3, 0.4) is 0 Å². The molecule has 1 saturated heterocycles. The topological polar surface area (TPSA) is 72.7 Å². The first kappa shape index (κ1) is 15.3. The van der Waals surface area contributed by atoms with E-state index >= 15 is 0 Å². The molecule has 1 aliphatic rings. The van der Waals surface area contributed by atoms with E-state index < -0.39 is 10.9 Å². The first-order valence-corrected chi connectivity index (χ1v) is 6.90. The molecule has 0 spiro atoms. The normalized spacial score (nSPS) is 20.4. The summed E-state index contributed by atoms with van der Waals surface area (Å²) in [6.45, 7) is 7.31. The minimum atomic E-state index is -0.686. The third-order valence-electron chi connectivity index (χ3n) is 3.97. The van der Waals surface area contributed by atoms with E-state index in [0.29, 0.717) is 5.92 Å². The van der Waals surface area contributed by atoms with Gasteiger partial charge in [0, 0.05) is 23.8 Å². The van der Waals surface area contributed by atoms with Crippen molar-refractivity contribution < 1.29 is 14.5 Å². The second-order valence-electron chi connectivity index (χ2n) is 6.18. The fourth-order valence-corrected chi connectivity index (χ4v) is 3.17. The number of hydrogen-bond donors (Lipinski definition) is 0. The van der Waals surface area contributed by atoms with E-state index in [9.17, 15) is 14.9 Å². The Morgan fingerprint density at radius 1 is 1.48 bits per heavy atom. The van der Waals surface area contributed by atoms with Gasteiger partial charge in [0.25, 0.3) is 5.69 Å². The van der Waals surface area contributed by atoms with Crippen molar-refractivity contribution in [2.45, 2.75) is 32.7 Å². The number of hydrogen-bond acceptors (Lipinski definition) is 5. The molecule has 1 aliphatic heterocycles. The largest absolute Gasteiger partial charge is 0.465 e. The van der Waals surface area contributed by atoms with Crippen molar-refractivity contribution >= 4 is 17.3 Å². The number of esters is 1. The standard InChI is InChI=1S/C15H20N2O4/c1-10-8-15(2,3)16(9-10)11-5-6-13(17(19)20)12(7-11)14(18)21-4/h5-7,10H,8-9H2,1-4H3/t10-/m0/s1. The average molecular weight is 292 g/mol. The van der Waals surface area contributed by atoms with E-state index in [1.807, 2.05) is 0 Å². The zero-order valence-electron chi connectivity index (χ0n) is 12.8. The zero-order valence-corrected chi connectivity index (χ0v) is 12.8. The summed E-state index contributed by atoms with van der Waals surface area (Å²) in [5.74, 6) is -0.148. The molecule has 0 bridgehead atoms. The Hall–Kier alpha value is -2.11. The first-order valence-electron chi connectivity index (χ1n) is 6.90. The molecular weight excluding hydrogens is 272 g/mol. The highest BCUT2D eigenvalue weighted by Gasteiger charge is 2.37. The molecule has 2 rings (SSSR count). The van der Waals surface area contributed by atoms with Crippen LogP contribution < -0.4 is 4.90 Å². The molecule has 0 amide bonds. The van der Waals surface area contributed by atoms with Gasteiger partial charge in [-0.15, -0.1) is 0 Å². The Labute approximate surface area is 123 Å². The van der Waals surface area contributed by atoms with E-state index in [4.69, 9.17) is 0 Å². The van der Waals surface area contributed by atoms with E-state index in [1.165, 1.54) is 13.2 Å². The summed E-state index contributed by atoms with van der Waals surface area (Å²) < 4.78 is 4.66. The fourth-order valence-electron chi connectivity index (χ4n) is 3.17. The maximum Gasteiger partial charge on any atom is 0.344 e. The van der Waals surface area contributed by atoms with Crippen LogP contribution in [0.15, 0.2) is 18.2 Å². The maximum atomic E-state index is 11.8. The van der Waals surface area contributed by atoms with Crippen LogP contribution in [0.5, 0.6) is 0 Å². The summed E-state index contributed by atoms with van der Waals surface area (Å²) in [6, 6.07) is 4.63. The van der Waals surface area contributed by atoms with Gasteiger partial charge in [-0.05, 0) is 38.3 Å². The smallest absolute Gasteiger partial charge is 0.344 e. The molecule has 0 radical (unpaired) electrons. The fraction of sp³-hybridized carbons (Fsp3) is 0.533. The second kappa shape index (κ2) is 5.35. The van der Waals surface area contributed by atoms with Gasteiger partial charge in [0.05, 0.1) is 12.0 Å². The molecule has 0 saturated carbocycles. The van der Waals surface area contributed by atoms with Crippen LogP contribution in [-0.4, -0.2) is 30.1 Å². The van der Waals surface area contributed by atoms with Crippen LogP contribution in [0.1, 0.15) is 37.6 Å². The second-order valence-corrected chi connectivity index (χ2v) is 6.18. The van der Waals surface area contributed by atoms with Crippen LogP contribution in [0.25, 0.3) is 0 Å². The molecule has 0 unspecified atom stereocenters. The monoisotopic (exact) mass is 292 g/mol. The van der Waals surface area contributed by atoms with Crippen molar-refractivity contribution in [3.63, 3.8) is 0 Å². The lowest BCUT2D eigenvalue weighted by molar-refractivity contribution is -0.385. The van der Waals surface area contributed by atoms with Crippen LogP contribution in [0.4, 0.5) is 11.4 Å². The molecule has 1 aromatic rings. The number of ether oxygens (including phenoxy) is 1. The quantitative estimate of drug-likeness (QED) is 0.486. The van der Waals surface area contributed by atoms with Crippen molar-refractivity contribution in [2.75, 3.05) is 18.6 Å². The van der Waals surface area contributed by atoms with Gasteiger partial charge in [0.2, 0.25) is 0 Å². The van der Waals surface area contributed by atoms with E-state index in [-0.39, 0.29) is 16.8 Å². The number of nitro groups is 1. The molecule has 6 heteroatoms. The molecule has 114 valence electrons. The number of carbonyl (C=O) groups is 1. The Kier molecular flexibility index (Phi) is 3.89. The lowest BCUT2D eigenvalue weighted by atomic mass is 9.97. The predicted octanol–water partition coefficient (Wildman–Crippen LogP) is 3.01. The zero-order chi connectivity index (χ0) is 15.8. The number of nitro benzene ring substituents is 1. The van der Waals surface area contributed by atoms with Crippen LogP contribution in [-0.2, 0) is 4.74 Å².